The van der Waals surface area contributed by atoms with Crippen LogP contribution in [0.3, 0.4) is 0 Å². The zero-order valence-corrected chi connectivity index (χ0v) is 16.4. The minimum atomic E-state index is -0.406. The van der Waals surface area contributed by atoms with Crippen LogP contribution in [-0.2, 0) is 9.53 Å². The Morgan fingerprint density at radius 3 is 2.46 bits per heavy atom. The third-order valence-corrected chi connectivity index (χ3v) is 5.04. The molecule has 0 atom stereocenters. The summed E-state index contributed by atoms with van der Waals surface area (Å²) in [5, 5.41) is 5.91. The number of hydrogen-bond donors (Lipinski definition) is 2. The van der Waals surface area contributed by atoms with Crippen molar-refractivity contribution in [3.8, 4) is 0 Å². The first-order valence-corrected chi connectivity index (χ1v) is 9.62. The van der Waals surface area contributed by atoms with Crippen LogP contribution in [0.2, 0.25) is 0 Å². The summed E-state index contributed by atoms with van der Waals surface area (Å²) in [4.78, 5) is 26.2. The molecule has 0 aromatic heterocycles. The fourth-order valence-corrected chi connectivity index (χ4v) is 3.28. The number of methoxy groups -OCH3 is 1. The Balaban J connectivity index is 1.50. The number of hydrogen-bond acceptors (Lipinski definition) is 5. The number of esters is 1. The largest absolute Gasteiger partial charge is 0.465 e. The number of nitrogens with zero attached hydrogens (tertiary/aromatic N) is 1. The molecular formula is C22H27N3O3. The zero-order valence-electron chi connectivity index (χ0n) is 16.4. The third kappa shape index (κ3) is 5.25. The Morgan fingerprint density at radius 1 is 1.07 bits per heavy atom. The molecule has 1 saturated heterocycles. The molecule has 1 aliphatic rings. The van der Waals surface area contributed by atoms with Gasteiger partial charge in [-0.15, -0.1) is 0 Å². The van der Waals surface area contributed by atoms with Gasteiger partial charge in [-0.2, -0.15) is 0 Å². The minimum absolute atomic E-state index is 0.108. The highest BCUT2D eigenvalue weighted by atomic mass is 16.5. The van der Waals surface area contributed by atoms with Gasteiger partial charge in [0.2, 0.25) is 5.91 Å². The summed E-state index contributed by atoms with van der Waals surface area (Å²) in [6, 6.07) is 14.8. The predicted molar refractivity (Wildman–Crippen MR) is 112 cm³/mol. The molecule has 6 nitrogen and oxygen atoms in total. The van der Waals surface area contributed by atoms with Gasteiger partial charge in [0.15, 0.2) is 0 Å². The Labute approximate surface area is 165 Å². The van der Waals surface area contributed by atoms with Gasteiger partial charge < -0.3 is 20.3 Å². The molecule has 148 valence electrons. The number of nitrogens with one attached hydrogen (secondary N) is 2. The van der Waals surface area contributed by atoms with E-state index in [0.29, 0.717) is 11.3 Å². The molecule has 1 amide bonds. The van der Waals surface area contributed by atoms with E-state index in [4.69, 9.17) is 4.74 Å². The topological polar surface area (TPSA) is 70.7 Å². The molecule has 0 spiro atoms. The quantitative estimate of drug-likeness (QED) is 0.746. The summed E-state index contributed by atoms with van der Waals surface area (Å²) in [6.07, 6.45) is 2.45. The van der Waals surface area contributed by atoms with Crippen LogP contribution < -0.4 is 15.5 Å². The molecule has 0 unspecified atom stereocenters. The first kappa shape index (κ1) is 19.7. The SMILES string of the molecule is COC(=O)c1cccc(NCC(=O)Nc2ccc(N3CCC(C)CC3)cc2)c1. The van der Waals surface area contributed by atoms with E-state index < -0.39 is 5.97 Å². The van der Waals surface area contributed by atoms with Gasteiger partial charge in [0.25, 0.3) is 0 Å². The maximum Gasteiger partial charge on any atom is 0.337 e. The number of anilines is 3. The molecule has 2 aromatic carbocycles. The van der Waals surface area contributed by atoms with E-state index in [9.17, 15) is 9.59 Å². The van der Waals surface area contributed by atoms with Crippen LogP contribution in [0.15, 0.2) is 48.5 Å². The van der Waals surface area contributed by atoms with E-state index >= 15 is 0 Å². The molecule has 0 radical (unpaired) electrons. The summed E-state index contributed by atoms with van der Waals surface area (Å²) in [5.41, 5.74) is 3.09. The fraction of sp³-hybridized carbons (Fsp3) is 0.364. The van der Waals surface area contributed by atoms with Gasteiger partial charge >= 0.3 is 5.97 Å². The lowest BCUT2D eigenvalue weighted by Gasteiger charge is -2.32. The summed E-state index contributed by atoms with van der Waals surface area (Å²) >= 11 is 0. The number of amides is 1. The zero-order chi connectivity index (χ0) is 19.9. The maximum absolute atomic E-state index is 12.2. The smallest absolute Gasteiger partial charge is 0.337 e. The average Bonchev–Trinajstić information content (AvgIpc) is 2.73. The van der Waals surface area contributed by atoms with Gasteiger partial charge in [0.1, 0.15) is 0 Å². The molecule has 1 fully saturated rings. The second-order valence-electron chi connectivity index (χ2n) is 7.19. The Hall–Kier alpha value is -3.02. The van der Waals surface area contributed by atoms with Crippen LogP contribution in [0, 0.1) is 5.92 Å². The average molecular weight is 381 g/mol. The molecule has 1 aliphatic heterocycles. The van der Waals surface area contributed by atoms with Crippen LogP contribution >= 0.6 is 0 Å². The highest BCUT2D eigenvalue weighted by molar-refractivity contribution is 5.94. The summed E-state index contributed by atoms with van der Waals surface area (Å²) in [7, 11) is 1.34. The highest BCUT2D eigenvalue weighted by Crippen LogP contribution is 2.24. The van der Waals surface area contributed by atoms with E-state index in [2.05, 4.69) is 34.6 Å². The Bertz CT molecular complexity index is 812. The van der Waals surface area contributed by atoms with Crippen LogP contribution in [0.25, 0.3) is 0 Å². The van der Waals surface area contributed by atoms with Crippen molar-refractivity contribution in [1.82, 2.24) is 0 Å². The molecular weight excluding hydrogens is 354 g/mol. The van der Waals surface area contributed by atoms with Crippen molar-refractivity contribution >= 4 is 28.9 Å². The van der Waals surface area contributed by atoms with Gasteiger partial charge in [-0.1, -0.05) is 13.0 Å². The van der Waals surface area contributed by atoms with E-state index in [1.165, 1.54) is 25.6 Å². The van der Waals surface area contributed by atoms with Gasteiger partial charge in [-0.05, 0) is 61.2 Å². The molecule has 1 heterocycles. The summed E-state index contributed by atoms with van der Waals surface area (Å²) < 4.78 is 4.71. The monoisotopic (exact) mass is 381 g/mol. The number of rotatable bonds is 6. The molecule has 0 saturated carbocycles. The maximum atomic E-state index is 12.2. The normalized spacial score (nSPS) is 14.4. The second kappa shape index (κ2) is 9.26. The Kier molecular flexibility index (Phi) is 6.53. The van der Waals surface area contributed by atoms with Crippen molar-refractivity contribution in [2.45, 2.75) is 19.8 Å². The predicted octanol–water partition coefficient (Wildman–Crippen LogP) is 3.76. The van der Waals surface area contributed by atoms with Crippen molar-refractivity contribution in [3.63, 3.8) is 0 Å². The second-order valence-corrected chi connectivity index (χ2v) is 7.19. The Morgan fingerprint density at radius 2 is 1.79 bits per heavy atom. The minimum Gasteiger partial charge on any atom is -0.465 e. The number of piperidine rings is 1. The molecule has 2 N–H and O–H groups in total. The first-order chi connectivity index (χ1) is 13.5. The van der Waals surface area contributed by atoms with E-state index in [1.807, 2.05) is 12.1 Å². The van der Waals surface area contributed by atoms with Crippen LogP contribution in [-0.4, -0.2) is 38.6 Å². The number of carbonyl (C=O) groups is 2. The van der Waals surface area contributed by atoms with Crippen LogP contribution in [0.4, 0.5) is 17.1 Å². The fourth-order valence-electron chi connectivity index (χ4n) is 3.28. The van der Waals surface area contributed by atoms with Gasteiger partial charge in [-0.25, -0.2) is 4.79 Å². The molecule has 0 bridgehead atoms. The summed E-state index contributed by atoms with van der Waals surface area (Å²) in [5.74, 6) is 0.245. The molecule has 3 rings (SSSR count). The number of benzene rings is 2. The first-order valence-electron chi connectivity index (χ1n) is 9.62. The van der Waals surface area contributed by atoms with Crippen molar-refractivity contribution in [2.75, 3.05) is 42.3 Å². The van der Waals surface area contributed by atoms with Crippen LogP contribution in [0.1, 0.15) is 30.1 Å². The lowest BCUT2D eigenvalue weighted by atomic mass is 9.99. The standard InChI is InChI=1S/C22H27N3O3/c1-16-10-12-25(13-11-16)20-8-6-18(7-9-20)24-21(26)15-23-19-5-3-4-17(14-19)22(27)28-2/h3-9,14,16,23H,10-13,15H2,1-2H3,(H,24,26). The molecule has 2 aromatic rings. The lowest BCUT2D eigenvalue weighted by molar-refractivity contribution is -0.114. The third-order valence-electron chi connectivity index (χ3n) is 5.04. The molecule has 6 heteroatoms. The molecule has 0 aliphatic carbocycles. The van der Waals surface area contributed by atoms with E-state index in [-0.39, 0.29) is 12.5 Å². The lowest BCUT2D eigenvalue weighted by Crippen LogP contribution is -2.32. The van der Waals surface area contributed by atoms with Crippen molar-refractivity contribution in [2.24, 2.45) is 5.92 Å². The summed E-state index contributed by atoms with van der Waals surface area (Å²) in [6.45, 7) is 4.58. The number of carbonyl (C=O) groups excluding carboxylic acids is 2. The van der Waals surface area contributed by atoms with Crippen molar-refractivity contribution in [3.05, 3.63) is 54.1 Å². The highest BCUT2D eigenvalue weighted by Gasteiger charge is 2.16. The van der Waals surface area contributed by atoms with E-state index in [0.717, 1.165) is 24.7 Å². The van der Waals surface area contributed by atoms with Gasteiger partial charge in [0, 0.05) is 30.2 Å². The molecule has 28 heavy (non-hydrogen) atoms. The van der Waals surface area contributed by atoms with Gasteiger partial charge in [-0.3, -0.25) is 4.79 Å². The van der Waals surface area contributed by atoms with Crippen molar-refractivity contribution in [1.29, 1.82) is 0 Å². The van der Waals surface area contributed by atoms with Crippen LogP contribution in [0.5, 0.6) is 0 Å². The number of ether oxygens (including phenoxy) is 1. The van der Waals surface area contributed by atoms with E-state index in [1.54, 1.807) is 24.3 Å². The van der Waals surface area contributed by atoms with Gasteiger partial charge in [0.05, 0.1) is 19.2 Å². The van der Waals surface area contributed by atoms with Crippen molar-refractivity contribution < 1.29 is 14.3 Å².